The summed E-state index contributed by atoms with van der Waals surface area (Å²) in [4.78, 5) is 13.5. The van der Waals surface area contributed by atoms with Crippen LogP contribution in [0.5, 0.6) is 0 Å². The molecule has 3 fully saturated rings. The molecule has 0 aromatic carbocycles. The lowest BCUT2D eigenvalue weighted by molar-refractivity contribution is -0.379. The summed E-state index contributed by atoms with van der Waals surface area (Å²) in [6.45, 7) is 1.71. The summed E-state index contributed by atoms with van der Waals surface area (Å²) in [5, 5.41) is 121. The molecule has 0 bridgehead atoms. The van der Waals surface area contributed by atoms with Crippen molar-refractivity contribution in [2.45, 2.75) is 413 Å². The molecular weight excluding hydrogens is 1260 g/mol. The summed E-state index contributed by atoms with van der Waals surface area (Å²) in [7, 11) is 0. The molecule has 12 N–H and O–H groups in total. The molecule has 0 aromatic rings. The second-order valence-electron chi connectivity index (χ2n) is 28.5. The summed E-state index contributed by atoms with van der Waals surface area (Å²) in [6, 6.07) is -0.886. The van der Waals surface area contributed by atoms with Gasteiger partial charge in [-0.25, -0.2) is 0 Å². The average molecular weight is 1410 g/mol. The number of ether oxygens (including phenoxy) is 6. The second-order valence-corrected chi connectivity index (χ2v) is 28.5. The number of rotatable bonds is 63. The van der Waals surface area contributed by atoms with Crippen molar-refractivity contribution < 1.29 is 89.4 Å². The molecule has 19 nitrogen and oxygen atoms in total. The number of hydrogen-bond acceptors (Lipinski definition) is 18. The van der Waals surface area contributed by atoms with E-state index in [9.17, 15) is 61.0 Å². The van der Waals surface area contributed by atoms with Gasteiger partial charge in [-0.3, -0.25) is 4.79 Å². The zero-order chi connectivity index (χ0) is 71.8. The van der Waals surface area contributed by atoms with Gasteiger partial charge in [0.15, 0.2) is 18.9 Å². The number of amides is 1. The Hall–Kier alpha value is -2.51. The topological polar surface area (TPSA) is 307 Å². The van der Waals surface area contributed by atoms with Crippen molar-refractivity contribution in [2.24, 2.45) is 0 Å². The SMILES string of the molecule is CC/C=C\C/C=C\C/C=C\C/C=C\C/C=C\CCCCCCCCCCCCCCCCCCCCCCCCCC(=O)NC(COC1OC(CO)C(OC2OC(CO)C(OC3OC(CO)C(O)C(O)C3O)C(O)C2O)C(O)C1O)C(O)CCCCCCCCCCCCCCCCC. The van der Waals surface area contributed by atoms with Crippen molar-refractivity contribution in [3.63, 3.8) is 0 Å². The lowest BCUT2D eigenvalue weighted by Crippen LogP contribution is -2.66. The van der Waals surface area contributed by atoms with Crippen molar-refractivity contribution in [3.05, 3.63) is 60.8 Å². The Bertz CT molecular complexity index is 2020. The van der Waals surface area contributed by atoms with Crippen molar-refractivity contribution in [1.29, 1.82) is 0 Å². The summed E-state index contributed by atoms with van der Waals surface area (Å²) in [5.41, 5.74) is 0. The second kappa shape index (κ2) is 60.7. The van der Waals surface area contributed by atoms with Gasteiger partial charge in [0.05, 0.1) is 38.6 Å². The van der Waals surface area contributed by atoms with E-state index in [0.29, 0.717) is 12.8 Å². The van der Waals surface area contributed by atoms with Crippen LogP contribution in [-0.4, -0.2) is 193 Å². The maximum atomic E-state index is 13.5. The molecule has 0 aliphatic carbocycles. The molecule has 17 unspecified atom stereocenters. The highest BCUT2D eigenvalue weighted by Gasteiger charge is 2.54. The molecule has 3 aliphatic rings. The van der Waals surface area contributed by atoms with Gasteiger partial charge < -0.3 is 89.9 Å². The maximum Gasteiger partial charge on any atom is 0.220 e. The van der Waals surface area contributed by atoms with Crippen molar-refractivity contribution in [3.8, 4) is 0 Å². The van der Waals surface area contributed by atoms with E-state index in [4.69, 9.17) is 28.4 Å². The van der Waals surface area contributed by atoms with Gasteiger partial charge in [-0.2, -0.15) is 0 Å². The van der Waals surface area contributed by atoms with Crippen LogP contribution in [0.1, 0.15) is 309 Å². The van der Waals surface area contributed by atoms with E-state index in [1.807, 2.05) is 0 Å². The van der Waals surface area contributed by atoms with Gasteiger partial charge in [0.25, 0.3) is 0 Å². The quantitative estimate of drug-likeness (QED) is 0.0199. The first-order valence-corrected chi connectivity index (χ1v) is 40.0. The molecule has 0 radical (unpaired) electrons. The van der Waals surface area contributed by atoms with E-state index < -0.39 is 124 Å². The molecule has 99 heavy (non-hydrogen) atoms. The molecule has 0 aromatic heterocycles. The first kappa shape index (κ1) is 90.7. The van der Waals surface area contributed by atoms with Crippen molar-refractivity contribution in [2.75, 3.05) is 26.4 Å². The molecule has 17 atom stereocenters. The average Bonchev–Trinajstić information content (AvgIpc) is 0.784. The first-order chi connectivity index (χ1) is 48.3. The highest BCUT2D eigenvalue weighted by atomic mass is 16.8. The number of allylic oxidation sites excluding steroid dienone is 10. The molecule has 3 rings (SSSR count). The molecule has 3 aliphatic heterocycles. The Morgan fingerprint density at radius 3 is 1.09 bits per heavy atom. The monoisotopic (exact) mass is 1410 g/mol. The third-order valence-electron chi connectivity index (χ3n) is 19.9. The van der Waals surface area contributed by atoms with Crippen LogP contribution in [0.15, 0.2) is 60.8 Å². The van der Waals surface area contributed by atoms with Crippen LogP contribution in [0.4, 0.5) is 0 Å². The van der Waals surface area contributed by atoms with Gasteiger partial charge in [-0.1, -0.05) is 306 Å². The summed E-state index contributed by atoms with van der Waals surface area (Å²) in [5.74, 6) is -0.238. The third-order valence-corrected chi connectivity index (χ3v) is 19.9. The molecular formula is C80H145NO18. The zero-order valence-electron chi connectivity index (χ0n) is 61.7. The molecule has 0 saturated carbocycles. The fourth-order valence-electron chi connectivity index (χ4n) is 13.5. The minimum absolute atomic E-state index is 0.238. The van der Waals surface area contributed by atoms with Gasteiger partial charge in [0, 0.05) is 6.42 Å². The molecule has 3 saturated heterocycles. The minimum atomic E-state index is -1.97. The van der Waals surface area contributed by atoms with Crippen LogP contribution in [0.25, 0.3) is 0 Å². The lowest BCUT2D eigenvalue weighted by atomic mass is 9.96. The van der Waals surface area contributed by atoms with E-state index in [2.05, 4.69) is 79.9 Å². The van der Waals surface area contributed by atoms with E-state index in [1.54, 1.807) is 0 Å². The normalized spacial score (nSPS) is 26.9. The van der Waals surface area contributed by atoms with Gasteiger partial charge in [0.1, 0.15) is 73.2 Å². The molecule has 1 amide bonds. The predicted octanol–water partition coefficient (Wildman–Crippen LogP) is 13.1. The number of unbranched alkanes of at least 4 members (excludes halogenated alkanes) is 37. The summed E-state index contributed by atoms with van der Waals surface area (Å²) < 4.78 is 34.5. The molecule has 3 heterocycles. The number of aliphatic hydroxyl groups is 11. The standard InChI is InChI=1S/C80H145NO18/c1-3-5-7-9-11-13-15-17-19-20-21-22-23-24-25-26-27-28-29-30-31-32-33-34-35-36-37-38-39-40-41-42-44-46-48-50-52-54-56-58-68(86)81-63(64(85)57-55-53-51-49-47-45-43-18-16-14-12-10-8-6-4-2)62-94-78-74(92)71(89)76(66(60-83)96-78)99-80-75(93)72(90)77(67(61-84)97-80)98-79-73(91)70(88)69(87)65(59-82)95-79/h5,7,11,13,17,19,21-22,24-25,63-67,69-80,82-85,87-93H,3-4,6,8-10,12,14-16,18,20,23,26-62H2,1-2H3,(H,81,86)/b7-5-,13-11-,19-17-,22-21-,25-24-. The smallest absolute Gasteiger partial charge is 0.220 e. The molecule has 19 heteroatoms. The highest BCUT2D eigenvalue weighted by molar-refractivity contribution is 5.76. The first-order valence-electron chi connectivity index (χ1n) is 40.0. The van der Waals surface area contributed by atoms with Gasteiger partial charge in [0.2, 0.25) is 5.91 Å². The summed E-state index contributed by atoms with van der Waals surface area (Å²) >= 11 is 0. The van der Waals surface area contributed by atoms with Crippen LogP contribution in [0.3, 0.4) is 0 Å². The van der Waals surface area contributed by atoms with Crippen LogP contribution < -0.4 is 5.32 Å². The number of aliphatic hydroxyl groups excluding tert-OH is 11. The third kappa shape index (κ3) is 41.1. The van der Waals surface area contributed by atoms with Crippen LogP contribution in [0, 0.1) is 0 Å². The Balaban J connectivity index is 1.29. The van der Waals surface area contributed by atoms with Crippen LogP contribution >= 0.6 is 0 Å². The van der Waals surface area contributed by atoms with Crippen molar-refractivity contribution >= 4 is 5.91 Å². The predicted molar refractivity (Wildman–Crippen MR) is 392 cm³/mol. The number of carbonyl (C=O) groups excluding carboxylic acids is 1. The Morgan fingerprint density at radius 1 is 0.374 bits per heavy atom. The molecule has 0 spiro atoms. The fourth-order valence-corrected chi connectivity index (χ4v) is 13.5. The van der Waals surface area contributed by atoms with Crippen molar-refractivity contribution in [1.82, 2.24) is 5.32 Å². The minimum Gasteiger partial charge on any atom is -0.394 e. The zero-order valence-corrected chi connectivity index (χ0v) is 61.7. The van der Waals surface area contributed by atoms with Gasteiger partial charge >= 0.3 is 0 Å². The molecule has 578 valence electrons. The fraction of sp³-hybridized carbons (Fsp3) is 0.863. The maximum absolute atomic E-state index is 13.5. The van der Waals surface area contributed by atoms with Crippen LogP contribution in [-0.2, 0) is 33.2 Å². The number of nitrogens with one attached hydrogen (secondary N) is 1. The Kier molecular flexibility index (Phi) is 55.6. The highest BCUT2D eigenvalue weighted by Crippen LogP contribution is 2.33. The lowest BCUT2D eigenvalue weighted by Gasteiger charge is -2.48. The van der Waals surface area contributed by atoms with E-state index >= 15 is 0 Å². The van der Waals surface area contributed by atoms with Crippen LogP contribution in [0.2, 0.25) is 0 Å². The largest absolute Gasteiger partial charge is 0.394 e. The van der Waals surface area contributed by atoms with Gasteiger partial charge in [-0.15, -0.1) is 0 Å². The van der Waals surface area contributed by atoms with E-state index in [1.165, 1.54) is 199 Å². The Labute approximate surface area is 598 Å². The number of carbonyl (C=O) groups is 1. The number of hydrogen-bond donors (Lipinski definition) is 12. The van der Waals surface area contributed by atoms with Gasteiger partial charge in [-0.05, 0) is 57.8 Å². The van der Waals surface area contributed by atoms with E-state index in [0.717, 1.165) is 77.0 Å². The summed E-state index contributed by atoms with van der Waals surface area (Å²) in [6.07, 6.45) is 50.4. The van der Waals surface area contributed by atoms with E-state index in [-0.39, 0.29) is 18.9 Å². The Morgan fingerprint density at radius 2 is 0.697 bits per heavy atom.